The summed E-state index contributed by atoms with van der Waals surface area (Å²) in [4.78, 5) is 21.3. The summed E-state index contributed by atoms with van der Waals surface area (Å²) < 4.78 is 30.5. The van der Waals surface area contributed by atoms with Crippen molar-refractivity contribution >= 4 is 27.6 Å². The zero-order valence-electron chi connectivity index (χ0n) is 9.16. The summed E-state index contributed by atoms with van der Waals surface area (Å²) in [6, 6.07) is 3.26. The van der Waals surface area contributed by atoms with Gasteiger partial charge < -0.3 is 10.8 Å². The number of hydrogen-bond donors (Lipinski definition) is 3. The first-order valence-electron chi connectivity index (χ1n) is 4.84. The molecule has 0 fully saturated rings. The highest BCUT2D eigenvalue weighted by atomic mass is 32.2. The first-order chi connectivity index (χ1) is 8.21. The van der Waals surface area contributed by atoms with Gasteiger partial charge in [-0.25, -0.2) is 0 Å². The van der Waals surface area contributed by atoms with Crippen LogP contribution in [0.25, 0.3) is 0 Å². The van der Waals surface area contributed by atoms with Gasteiger partial charge in [-0.3, -0.25) is 14.1 Å². The number of carbonyl (C=O) groups is 2. The van der Waals surface area contributed by atoms with Crippen molar-refractivity contribution < 1.29 is 27.7 Å². The predicted molar refractivity (Wildman–Crippen MR) is 61.9 cm³/mol. The number of nitrogens with two attached hydrogens (primary N) is 1. The Morgan fingerprint density at radius 3 is 2.28 bits per heavy atom. The van der Waals surface area contributed by atoms with Crippen molar-refractivity contribution in [2.24, 2.45) is 0 Å². The Morgan fingerprint density at radius 1 is 1.22 bits per heavy atom. The van der Waals surface area contributed by atoms with Crippen molar-refractivity contribution in [3.8, 4) is 0 Å². The molecule has 8 heteroatoms. The van der Waals surface area contributed by atoms with E-state index in [-0.39, 0.29) is 24.1 Å². The van der Waals surface area contributed by atoms with E-state index in [1.54, 1.807) is 0 Å². The van der Waals surface area contributed by atoms with Crippen LogP contribution in [0, 0.1) is 0 Å². The van der Waals surface area contributed by atoms with Crippen molar-refractivity contribution in [2.75, 3.05) is 5.73 Å². The third kappa shape index (κ3) is 3.54. The number of carboxylic acids is 1. The van der Waals surface area contributed by atoms with Gasteiger partial charge in [0.2, 0.25) is 0 Å². The number of carboxylic acid groups (broad SMARTS) is 1. The molecular weight excluding hydrogens is 262 g/mol. The number of nitrogen functional groups attached to an aromatic ring is 1. The molecule has 98 valence electrons. The second-order valence-electron chi connectivity index (χ2n) is 3.54. The number of ketones is 1. The fourth-order valence-electron chi connectivity index (χ4n) is 1.32. The monoisotopic (exact) mass is 273 g/mol. The predicted octanol–water partition coefficient (Wildman–Crippen LogP) is 0.563. The molecular formula is C10H11NO6S. The van der Waals surface area contributed by atoms with Crippen LogP contribution in [0.5, 0.6) is 0 Å². The van der Waals surface area contributed by atoms with Gasteiger partial charge in [-0.2, -0.15) is 8.42 Å². The van der Waals surface area contributed by atoms with E-state index < -0.39 is 26.8 Å². The number of benzene rings is 1. The van der Waals surface area contributed by atoms with Crippen molar-refractivity contribution in [1.29, 1.82) is 0 Å². The van der Waals surface area contributed by atoms with Crippen LogP contribution in [0.2, 0.25) is 0 Å². The minimum atomic E-state index is -4.43. The first kappa shape index (κ1) is 14.1. The molecule has 0 atom stereocenters. The molecule has 1 aromatic carbocycles. The standard InChI is InChI=1S/C10H11NO6S/c11-7-5-6(8(12)2-4-10(13)14)1-3-9(7)18(15,16)17/h1,3,5H,2,4,11H2,(H,13,14)(H,15,16,17). The van der Waals surface area contributed by atoms with Crippen LogP contribution < -0.4 is 5.73 Å². The second kappa shape index (κ2) is 5.15. The fourth-order valence-corrected chi connectivity index (χ4v) is 1.92. The molecule has 0 saturated heterocycles. The summed E-state index contributed by atoms with van der Waals surface area (Å²) in [5, 5.41) is 8.43. The maximum Gasteiger partial charge on any atom is 0.303 e. The molecule has 0 aliphatic rings. The Labute approximate surface area is 103 Å². The van der Waals surface area contributed by atoms with E-state index in [4.69, 9.17) is 15.4 Å². The van der Waals surface area contributed by atoms with E-state index >= 15 is 0 Å². The Kier molecular flexibility index (Phi) is 4.04. The molecule has 0 aliphatic heterocycles. The van der Waals surface area contributed by atoms with Gasteiger partial charge in [-0.1, -0.05) is 0 Å². The molecule has 0 amide bonds. The van der Waals surface area contributed by atoms with Crippen molar-refractivity contribution in [2.45, 2.75) is 17.7 Å². The van der Waals surface area contributed by atoms with Gasteiger partial charge in [0, 0.05) is 12.0 Å². The number of aliphatic carboxylic acids is 1. The fraction of sp³-hybridized carbons (Fsp3) is 0.200. The SMILES string of the molecule is Nc1cc(C(=O)CCC(=O)O)ccc1S(=O)(=O)O. The summed E-state index contributed by atoms with van der Waals surface area (Å²) in [6.07, 6.45) is -0.529. The lowest BCUT2D eigenvalue weighted by Crippen LogP contribution is -2.07. The minimum absolute atomic E-state index is 0.0983. The maximum absolute atomic E-state index is 11.5. The molecule has 18 heavy (non-hydrogen) atoms. The number of anilines is 1. The van der Waals surface area contributed by atoms with Gasteiger partial charge in [0.15, 0.2) is 5.78 Å². The average Bonchev–Trinajstić information content (AvgIpc) is 2.23. The Morgan fingerprint density at radius 2 is 1.83 bits per heavy atom. The van der Waals surface area contributed by atoms with E-state index in [1.807, 2.05) is 0 Å². The van der Waals surface area contributed by atoms with Gasteiger partial charge in [0.05, 0.1) is 12.1 Å². The summed E-state index contributed by atoms with van der Waals surface area (Å²) in [7, 11) is -4.43. The largest absolute Gasteiger partial charge is 0.481 e. The van der Waals surface area contributed by atoms with Crippen LogP contribution in [0.1, 0.15) is 23.2 Å². The molecule has 0 spiro atoms. The third-order valence-electron chi connectivity index (χ3n) is 2.18. The number of Topliss-reactive ketones (excluding diaryl/α,β-unsaturated/α-hetero) is 1. The molecule has 1 rings (SSSR count). The highest BCUT2D eigenvalue weighted by Gasteiger charge is 2.16. The Balaban J connectivity index is 2.98. The van der Waals surface area contributed by atoms with E-state index in [0.29, 0.717) is 0 Å². The molecule has 0 aliphatic carbocycles. The van der Waals surface area contributed by atoms with Crippen LogP contribution in [-0.4, -0.2) is 29.8 Å². The van der Waals surface area contributed by atoms with Crippen LogP contribution in [0.4, 0.5) is 5.69 Å². The maximum atomic E-state index is 11.5. The van der Waals surface area contributed by atoms with E-state index in [9.17, 15) is 18.0 Å². The zero-order chi connectivity index (χ0) is 13.9. The lowest BCUT2D eigenvalue weighted by atomic mass is 10.1. The molecule has 4 N–H and O–H groups in total. The van der Waals surface area contributed by atoms with Gasteiger partial charge in [-0.15, -0.1) is 0 Å². The first-order valence-corrected chi connectivity index (χ1v) is 6.28. The van der Waals surface area contributed by atoms with Crippen molar-refractivity contribution in [3.63, 3.8) is 0 Å². The molecule has 1 aromatic rings. The van der Waals surface area contributed by atoms with E-state index in [1.165, 1.54) is 6.07 Å². The molecule has 7 nitrogen and oxygen atoms in total. The van der Waals surface area contributed by atoms with Crippen LogP contribution in [-0.2, 0) is 14.9 Å². The van der Waals surface area contributed by atoms with Gasteiger partial charge >= 0.3 is 5.97 Å². The van der Waals surface area contributed by atoms with Gasteiger partial charge in [0.25, 0.3) is 10.1 Å². The summed E-state index contributed by atoms with van der Waals surface area (Å²) in [6.45, 7) is 0. The molecule has 0 bridgehead atoms. The Bertz CT molecular complexity index is 592. The van der Waals surface area contributed by atoms with Crippen molar-refractivity contribution in [1.82, 2.24) is 0 Å². The highest BCUT2D eigenvalue weighted by molar-refractivity contribution is 7.86. The molecule has 0 saturated carbocycles. The molecule has 0 unspecified atom stereocenters. The van der Waals surface area contributed by atoms with Crippen LogP contribution in [0.3, 0.4) is 0 Å². The summed E-state index contributed by atoms with van der Waals surface area (Å²) >= 11 is 0. The smallest absolute Gasteiger partial charge is 0.303 e. The average molecular weight is 273 g/mol. The highest BCUT2D eigenvalue weighted by Crippen LogP contribution is 2.20. The third-order valence-corrected chi connectivity index (χ3v) is 3.10. The number of rotatable bonds is 5. The van der Waals surface area contributed by atoms with E-state index in [0.717, 1.165) is 12.1 Å². The molecule has 0 radical (unpaired) electrons. The topological polar surface area (TPSA) is 135 Å². The van der Waals surface area contributed by atoms with E-state index in [2.05, 4.69) is 0 Å². The summed E-state index contributed by atoms with van der Waals surface area (Å²) in [5.41, 5.74) is 5.23. The van der Waals surface area contributed by atoms with Gasteiger partial charge in [0.1, 0.15) is 4.90 Å². The lowest BCUT2D eigenvalue weighted by molar-refractivity contribution is -0.136. The minimum Gasteiger partial charge on any atom is -0.481 e. The normalized spacial score (nSPS) is 11.2. The summed E-state index contributed by atoms with van der Waals surface area (Å²) in [5.74, 6) is -1.57. The number of hydrogen-bond acceptors (Lipinski definition) is 5. The van der Waals surface area contributed by atoms with Crippen LogP contribution in [0.15, 0.2) is 23.1 Å². The van der Waals surface area contributed by atoms with Gasteiger partial charge in [-0.05, 0) is 18.2 Å². The van der Waals surface area contributed by atoms with Crippen molar-refractivity contribution in [3.05, 3.63) is 23.8 Å². The molecule has 0 aromatic heterocycles. The Hall–Kier alpha value is -1.93. The molecule has 0 heterocycles. The lowest BCUT2D eigenvalue weighted by Gasteiger charge is -2.05. The second-order valence-corrected chi connectivity index (χ2v) is 4.93. The quantitative estimate of drug-likeness (QED) is 0.405. The van der Waals surface area contributed by atoms with Crippen LogP contribution >= 0.6 is 0 Å². The number of carbonyl (C=O) groups excluding carboxylic acids is 1. The zero-order valence-corrected chi connectivity index (χ0v) is 9.98.